The molecule has 0 aliphatic heterocycles. The standard InChI is InChI=1S/C21H20N2OS/c1-16-7-5-6-10-20(16)23-21(25)22-18-11-13-19(14-12-18)24-15-17-8-3-2-4-9-17/h2-14H,15H2,1H3,(H2,22,23,25). The van der Waals surface area contributed by atoms with Gasteiger partial charge in [-0.15, -0.1) is 0 Å². The Bertz CT molecular complexity index is 832. The molecule has 25 heavy (non-hydrogen) atoms. The lowest BCUT2D eigenvalue weighted by atomic mass is 10.2. The fourth-order valence-electron chi connectivity index (χ4n) is 2.37. The van der Waals surface area contributed by atoms with Crippen molar-refractivity contribution < 1.29 is 4.74 Å². The van der Waals surface area contributed by atoms with Gasteiger partial charge in [-0.2, -0.15) is 0 Å². The zero-order valence-electron chi connectivity index (χ0n) is 14.0. The third-order valence-electron chi connectivity index (χ3n) is 3.75. The summed E-state index contributed by atoms with van der Waals surface area (Å²) in [5.41, 5.74) is 4.21. The van der Waals surface area contributed by atoms with Crippen molar-refractivity contribution in [1.82, 2.24) is 0 Å². The topological polar surface area (TPSA) is 33.3 Å². The Morgan fingerprint density at radius 3 is 2.24 bits per heavy atom. The maximum absolute atomic E-state index is 5.79. The van der Waals surface area contributed by atoms with Crippen LogP contribution in [0.15, 0.2) is 78.9 Å². The van der Waals surface area contributed by atoms with Gasteiger partial charge in [0.05, 0.1) is 0 Å². The molecule has 0 aliphatic carbocycles. The summed E-state index contributed by atoms with van der Waals surface area (Å²) < 4.78 is 5.79. The predicted molar refractivity (Wildman–Crippen MR) is 108 cm³/mol. The summed E-state index contributed by atoms with van der Waals surface area (Å²) in [6.45, 7) is 2.60. The van der Waals surface area contributed by atoms with Gasteiger partial charge in [-0.1, -0.05) is 48.5 Å². The van der Waals surface area contributed by atoms with Gasteiger partial charge in [-0.05, 0) is 60.6 Å². The molecule has 0 bridgehead atoms. The van der Waals surface area contributed by atoms with Crippen molar-refractivity contribution in [2.75, 3.05) is 10.6 Å². The van der Waals surface area contributed by atoms with E-state index >= 15 is 0 Å². The number of hydrogen-bond acceptors (Lipinski definition) is 2. The Hall–Kier alpha value is -2.85. The van der Waals surface area contributed by atoms with Gasteiger partial charge in [-0.25, -0.2) is 0 Å². The minimum atomic E-state index is 0.556. The van der Waals surface area contributed by atoms with Gasteiger partial charge in [0.15, 0.2) is 5.11 Å². The molecule has 3 aromatic carbocycles. The molecule has 0 radical (unpaired) electrons. The Balaban J connectivity index is 1.53. The van der Waals surface area contributed by atoms with Gasteiger partial charge in [-0.3, -0.25) is 0 Å². The lowest BCUT2D eigenvalue weighted by Gasteiger charge is -2.13. The molecule has 3 rings (SSSR count). The second kappa shape index (κ2) is 8.31. The number of hydrogen-bond donors (Lipinski definition) is 2. The molecular weight excluding hydrogens is 328 g/mol. The molecule has 0 saturated heterocycles. The van der Waals surface area contributed by atoms with Gasteiger partial charge in [0, 0.05) is 11.4 Å². The van der Waals surface area contributed by atoms with Crippen LogP contribution in [0.3, 0.4) is 0 Å². The van der Waals surface area contributed by atoms with E-state index in [0.717, 1.165) is 28.3 Å². The van der Waals surface area contributed by atoms with Crippen molar-refractivity contribution in [3.05, 3.63) is 90.0 Å². The van der Waals surface area contributed by atoms with Crippen molar-refractivity contribution in [2.45, 2.75) is 13.5 Å². The molecule has 3 aromatic rings. The van der Waals surface area contributed by atoms with E-state index in [2.05, 4.69) is 10.6 Å². The monoisotopic (exact) mass is 348 g/mol. The smallest absolute Gasteiger partial charge is 0.175 e. The molecule has 4 heteroatoms. The van der Waals surface area contributed by atoms with Crippen LogP contribution in [0.25, 0.3) is 0 Å². The van der Waals surface area contributed by atoms with E-state index in [4.69, 9.17) is 17.0 Å². The molecule has 0 fully saturated rings. The second-order valence-electron chi connectivity index (χ2n) is 5.69. The van der Waals surface area contributed by atoms with Crippen LogP contribution in [0.1, 0.15) is 11.1 Å². The van der Waals surface area contributed by atoms with Crippen molar-refractivity contribution in [1.29, 1.82) is 0 Å². The summed E-state index contributed by atoms with van der Waals surface area (Å²) in [5, 5.41) is 6.95. The highest BCUT2D eigenvalue weighted by Gasteiger charge is 2.02. The van der Waals surface area contributed by atoms with E-state index in [1.807, 2.05) is 85.8 Å². The van der Waals surface area contributed by atoms with Crippen molar-refractivity contribution in [3.8, 4) is 5.75 Å². The van der Waals surface area contributed by atoms with E-state index in [0.29, 0.717) is 11.7 Å². The van der Waals surface area contributed by atoms with Crippen molar-refractivity contribution in [2.24, 2.45) is 0 Å². The first-order valence-electron chi connectivity index (χ1n) is 8.11. The lowest BCUT2D eigenvalue weighted by molar-refractivity contribution is 0.306. The first-order chi connectivity index (χ1) is 12.2. The van der Waals surface area contributed by atoms with Gasteiger partial charge < -0.3 is 15.4 Å². The zero-order chi connectivity index (χ0) is 17.5. The Kier molecular flexibility index (Phi) is 5.65. The fraction of sp³-hybridized carbons (Fsp3) is 0.0952. The number of anilines is 2. The van der Waals surface area contributed by atoms with Crippen LogP contribution in [0, 0.1) is 6.92 Å². The van der Waals surface area contributed by atoms with E-state index < -0.39 is 0 Å². The summed E-state index contributed by atoms with van der Waals surface area (Å²) in [6.07, 6.45) is 0. The molecule has 0 spiro atoms. The molecule has 0 atom stereocenters. The number of aryl methyl sites for hydroxylation is 1. The molecule has 0 heterocycles. The maximum Gasteiger partial charge on any atom is 0.175 e. The minimum Gasteiger partial charge on any atom is -0.489 e. The number of para-hydroxylation sites is 1. The summed E-state index contributed by atoms with van der Waals surface area (Å²) in [4.78, 5) is 0. The van der Waals surface area contributed by atoms with Gasteiger partial charge in [0.1, 0.15) is 12.4 Å². The van der Waals surface area contributed by atoms with E-state index in [1.165, 1.54) is 0 Å². The van der Waals surface area contributed by atoms with Crippen LogP contribution in [0.5, 0.6) is 5.75 Å². The lowest BCUT2D eigenvalue weighted by Crippen LogP contribution is -2.19. The highest BCUT2D eigenvalue weighted by molar-refractivity contribution is 7.80. The third-order valence-corrected chi connectivity index (χ3v) is 3.96. The van der Waals surface area contributed by atoms with Crippen LogP contribution >= 0.6 is 12.2 Å². The van der Waals surface area contributed by atoms with Crippen LogP contribution < -0.4 is 15.4 Å². The Morgan fingerprint density at radius 1 is 0.840 bits per heavy atom. The maximum atomic E-state index is 5.79. The molecule has 126 valence electrons. The van der Waals surface area contributed by atoms with Gasteiger partial charge in [0.2, 0.25) is 0 Å². The number of nitrogens with one attached hydrogen (secondary N) is 2. The first-order valence-corrected chi connectivity index (χ1v) is 8.52. The first kappa shape index (κ1) is 17.0. The summed E-state index contributed by atoms with van der Waals surface area (Å²) >= 11 is 5.37. The van der Waals surface area contributed by atoms with Crippen molar-refractivity contribution in [3.63, 3.8) is 0 Å². The number of benzene rings is 3. The van der Waals surface area contributed by atoms with Crippen LogP contribution in [0.4, 0.5) is 11.4 Å². The summed E-state index contributed by atoms with van der Waals surface area (Å²) in [7, 11) is 0. The molecule has 0 amide bonds. The van der Waals surface area contributed by atoms with Crippen LogP contribution in [-0.4, -0.2) is 5.11 Å². The molecule has 0 saturated carbocycles. The molecule has 0 aromatic heterocycles. The Labute approximate surface area is 153 Å². The average Bonchev–Trinajstić information content (AvgIpc) is 2.64. The largest absolute Gasteiger partial charge is 0.489 e. The van der Waals surface area contributed by atoms with Crippen molar-refractivity contribution >= 4 is 28.7 Å². The molecule has 0 aliphatic rings. The minimum absolute atomic E-state index is 0.556. The Morgan fingerprint density at radius 2 is 1.52 bits per heavy atom. The van der Waals surface area contributed by atoms with Crippen LogP contribution in [0.2, 0.25) is 0 Å². The molecule has 0 unspecified atom stereocenters. The summed E-state index contributed by atoms with van der Waals surface area (Å²) in [5.74, 6) is 0.826. The summed E-state index contributed by atoms with van der Waals surface area (Å²) in [6, 6.07) is 25.9. The normalized spacial score (nSPS) is 10.1. The number of thiocarbonyl (C=S) groups is 1. The quantitative estimate of drug-likeness (QED) is 0.606. The predicted octanol–water partition coefficient (Wildman–Crippen LogP) is 5.38. The third kappa shape index (κ3) is 5.06. The average molecular weight is 348 g/mol. The molecule has 2 N–H and O–H groups in total. The fourth-order valence-corrected chi connectivity index (χ4v) is 2.60. The highest BCUT2D eigenvalue weighted by Crippen LogP contribution is 2.18. The highest BCUT2D eigenvalue weighted by atomic mass is 32.1. The number of rotatable bonds is 5. The van der Waals surface area contributed by atoms with Gasteiger partial charge in [0.25, 0.3) is 0 Å². The van der Waals surface area contributed by atoms with Crippen LogP contribution in [-0.2, 0) is 6.61 Å². The van der Waals surface area contributed by atoms with E-state index in [9.17, 15) is 0 Å². The second-order valence-corrected chi connectivity index (χ2v) is 6.10. The zero-order valence-corrected chi connectivity index (χ0v) is 14.8. The van der Waals surface area contributed by atoms with Gasteiger partial charge >= 0.3 is 0 Å². The SMILES string of the molecule is Cc1ccccc1NC(=S)Nc1ccc(OCc2ccccc2)cc1. The molecular formula is C21H20N2OS. The molecule has 3 nitrogen and oxygen atoms in total. The van der Waals surface area contributed by atoms with E-state index in [1.54, 1.807) is 0 Å². The number of ether oxygens (including phenoxy) is 1. The van der Waals surface area contributed by atoms with E-state index in [-0.39, 0.29) is 0 Å².